The van der Waals surface area contributed by atoms with Crippen molar-refractivity contribution in [3.63, 3.8) is 0 Å². The lowest BCUT2D eigenvalue weighted by Crippen LogP contribution is -2.46. The molecule has 1 aliphatic carbocycles. The van der Waals surface area contributed by atoms with Crippen LogP contribution in [0.3, 0.4) is 0 Å². The fourth-order valence-corrected chi connectivity index (χ4v) is 3.13. The molecule has 6 nitrogen and oxygen atoms in total. The Bertz CT molecular complexity index is 658. The zero-order valence-corrected chi connectivity index (χ0v) is 13.7. The number of carbonyl (C=O) groups excluding carboxylic acids is 1. The van der Waals surface area contributed by atoms with E-state index < -0.39 is 22.7 Å². The van der Waals surface area contributed by atoms with Crippen LogP contribution in [0.5, 0.6) is 0 Å². The Morgan fingerprint density at radius 1 is 1.22 bits per heavy atom. The number of ether oxygens (including phenoxy) is 1. The molecule has 120 valence electrons. The van der Waals surface area contributed by atoms with Crippen molar-refractivity contribution in [1.29, 1.82) is 15.8 Å². The van der Waals surface area contributed by atoms with Gasteiger partial charge in [0.05, 0.1) is 30.6 Å². The molecule has 0 aromatic heterocycles. The van der Waals surface area contributed by atoms with Gasteiger partial charge in [-0.25, -0.2) is 0 Å². The first kappa shape index (κ1) is 18.3. The summed E-state index contributed by atoms with van der Waals surface area (Å²) >= 11 is 0. The van der Waals surface area contributed by atoms with Gasteiger partial charge in [-0.2, -0.15) is 15.8 Å². The maximum atomic E-state index is 11.4. The summed E-state index contributed by atoms with van der Waals surface area (Å²) in [6, 6.07) is 5.97. The summed E-state index contributed by atoms with van der Waals surface area (Å²) in [6.45, 7) is 6.95. The van der Waals surface area contributed by atoms with Crippen molar-refractivity contribution in [2.24, 2.45) is 28.4 Å². The number of carbonyl (C=O) groups is 1. The zero-order chi connectivity index (χ0) is 17.8. The van der Waals surface area contributed by atoms with E-state index in [2.05, 4.69) is 6.07 Å². The van der Waals surface area contributed by atoms with Gasteiger partial charge in [0, 0.05) is 23.1 Å². The van der Waals surface area contributed by atoms with Crippen LogP contribution in [0.25, 0.3) is 0 Å². The van der Waals surface area contributed by atoms with Crippen LogP contribution < -0.4 is 5.73 Å². The first-order valence-electron chi connectivity index (χ1n) is 7.30. The Kier molecular flexibility index (Phi) is 5.20. The fourth-order valence-electron chi connectivity index (χ4n) is 3.13. The van der Waals surface area contributed by atoms with E-state index in [-0.39, 0.29) is 17.4 Å². The van der Waals surface area contributed by atoms with E-state index in [4.69, 9.17) is 10.5 Å². The molecule has 0 bridgehead atoms. The third-order valence-electron chi connectivity index (χ3n) is 4.53. The minimum Gasteiger partial charge on any atom is -0.499 e. The van der Waals surface area contributed by atoms with Gasteiger partial charge < -0.3 is 10.5 Å². The third-order valence-corrected chi connectivity index (χ3v) is 4.53. The molecule has 0 fully saturated rings. The first-order valence-corrected chi connectivity index (χ1v) is 7.30. The summed E-state index contributed by atoms with van der Waals surface area (Å²) in [5, 5.41) is 29.2. The molecule has 0 saturated carbocycles. The highest BCUT2D eigenvalue weighted by atomic mass is 16.5. The lowest BCUT2D eigenvalue weighted by Gasteiger charge is -2.37. The van der Waals surface area contributed by atoms with Crippen molar-refractivity contribution in [3.8, 4) is 18.2 Å². The average molecular weight is 312 g/mol. The number of hydrogen-bond donors (Lipinski definition) is 1. The van der Waals surface area contributed by atoms with Crippen molar-refractivity contribution in [2.45, 2.75) is 33.8 Å². The van der Waals surface area contributed by atoms with Crippen molar-refractivity contribution in [3.05, 3.63) is 23.6 Å². The Morgan fingerprint density at radius 2 is 1.78 bits per heavy atom. The van der Waals surface area contributed by atoms with Gasteiger partial charge in [0.1, 0.15) is 11.7 Å². The van der Waals surface area contributed by atoms with Crippen LogP contribution in [0.2, 0.25) is 0 Å². The molecule has 3 atom stereocenters. The molecule has 0 unspecified atom stereocenters. The minimum absolute atomic E-state index is 0.00713. The standard InChI is InChI=1S/C17H20N4O2/c1-11(2)23-6-5-12(3)17(10-20)15(21)14(7-22)13(4)16(17,8-18)9-19/h5-7,11-13H,21H2,1-4H3/b6-5+/t12-,13-,17+/m1/s1. The summed E-state index contributed by atoms with van der Waals surface area (Å²) in [6.07, 6.45) is 3.52. The van der Waals surface area contributed by atoms with Crippen molar-refractivity contribution >= 4 is 6.29 Å². The van der Waals surface area contributed by atoms with Gasteiger partial charge in [0.2, 0.25) is 0 Å². The lowest BCUT2D eigenvalue weighted by molar-refractivity contribution is -0.105. The van der Waals surface area contributed by atoms with Crippen molar-refractivity contribution in [2.75, 3.05) is 0 Å². The molecule has 0 aliphatic heterocycles. The summed E-state index contributed by atoms with van der Waals surface area (Å²) in [5.74, 6) is -1.35. The van der Waals surface area contributed by atoms with Gasteiger partial charge in [-0.05, 0) is 19.9 Å². The highest BCUT2D eigenvalue weighted by Crippen LogP contribution is 2.60. The highest BCUT2D eigenvalue weighted by Gasteiger charge is 2.66. The zero-order valence-electron chi connectivity index (χ0n) is 13.7. The predicted molar refractivity (Wildman–Crippen MR) is 82.7 cm³/mol. The van der Waals surface area contributed by atoms with Crippen LogP contribution in [0, 0.1) is 56.7 Å². The number of nitriles is 3. The smallest absolute Gasteiger partial charge is 0.175 e. The fraction of sp³-hybridized carbons (Fsp3) is 0.529. The second kappa shape index (κ2) is 6.55. The minimum atomic E-state index is -1.73. The van der Waals surface area contributed by atoms with E-state index in [0.717, 1.165) is 0 Å². The summed E-state index contributed by atoms with van der Waals surface area (Å²) in [7, 11) is 0. The Morgan fingerprint density at radius 3 is 2.17 bits per heavy atom. The van der Waals surface area contributed by atoms with Crippen LogP contribution in [-0.2, 0) is 9.53 Å². The highest BCUT2D eigenvalue weighted by molar-refractivity contribution is 5.79. The molecular weight excluding hydrogens is 292 g/mol. The normalized spacial score (nSPS) is 27.3. The van der Waals surface area contributed by atoms with E-state index in [1.165, 1.54) is 6.26 Å². The molecule has 0 heterocycles. The molecule has 0 amide bonds. The molecule has 6 heteroatoms. The number of allylic oxidation sites excluding steroid dienone is 3. The molecule has 1 aliphatic rings. The molecular formula is C17H20N4O2. The van der Waals surface area contributed by atoms with Gasteiger partial charge in [0.15, 0.2) is 5.41 Å². The van der Waals surface area contributed by atoms with Crippen LogP contribution in [0.15, 0.2) is 23.6 Å². The molecule has 0 radical (unpaired) electrons. The number of nitrogens with two attached hydrogens (primary N) is 1. The maximum Gasteiger partial charge on any atom is 0.175 e. The van der Waals surface area contributed by atoms with E-state index in [0.29, 0.717) is 6.29 Å². The van der Waals surface area contributed by atoms with Gasteiger partial charge in [-0.3, -0.25) is 4.79 Å². The largest absolute Gasteiger partial charge is 0.499 e. The first-order chi connectivity index (χ1) is 10.8. The van der Waals surface area contributed by atoms with E-state index in [1.54, 1.807) is 19.9 Å². The monoisotopic (exact) mass is 312 g/mol. The molecule has 0 aromatic carbocycles. The van der Waals surface area contributed by atoms with Gasteiger partial charge >= 0.3 is 0 Å². The van der Waals surface area contributed by atoms with Crippen LogP contribution in [-0.4, -0.2) is 12.4 Å². The molecule has 23 heavy (non-hydrogen) atoms. The molecule has 0 spiro atoms. The number of aldehydes is 1. The molecule has 0 saturated heterocycles. The number of nitrogens with zero attached hydrogens (tertiary/aromatic N) is 3. The van der Waals surface area contributed by atoms with E-state index in [1.807, 2.05) is 26.0 Å². The number of hydrogen-bond acceptors (Lipinski definition) is 6. The average Bonchev–Trinajstić information content (AvgIpc) is 2.70. The number of rotatable bonds is 5. The third kappa shape index (κ3) is 2.35. The molecule has 0 aromatic rings. The van der Waals surface area contributed by atoms with Gasteiger partial charge in [0.25, 0.3) is 0 Å². The van der Waals surface area contributed by atoms with Crippen molar-refractivity contribution in [1.82, 2.24) is 0 Å². The van der Waals surface area contributed by atoms with Gasteiger partial charge in [-0.15, -0.1) is 0 Å². The van der Waals surface area contributed by atoms with Gasteiger partial charge in [-0.1, -0.05) is 13.8 Å². The predicted octanol–water partition coefficient (Wildman–Crippen LogP) is 2.17. The van der Waals surface area contributed by atoms with Crippen LogP contribution >= 0.6 is 0 Å². The second-order valence-corrected chi connectivity index (χ2v) is 5.96. The Balaban J connectivity index is 3.57. The molecule has 1 rings (SSSR count). The quantitative estimate of drug-likeness (QED) is 0.612. The van der Waals surface area contributed by atoms with Crippen LogP contribution in [0.1, 0.15) is 27.7 Å². The maximum absolute atomic E-state index is 11.4. The van der Waals surface area contributed by atoms with Crippen LogP contribution in [0.4, 0.5) is 0 Å². The van der Waals surface area contributed by atoms with E-state index in [9.17, 15) is 20.6 Å². The lowest BCUT2D eigenvalue weighted by atomic mass is 9.58. The Hall–Kier alpha value is -2.78. The Labute approximate surface area is 136 Å². The van der Waals surface area contributed by atoms with E-state index >= 15 is 0 Å². The summed E-state index contributed by atoms with van der Waals surface area (Å²) in [4.78, 5) is 11.4. The summed E-state index contributed by atoms with van der Waals surface area (Å²) < 4.78 is 5.33. The molecule has 2 N–H and O–H groups in total. The second-order valence-electron chi connectivity index (χ2n) is 5.96. The van der Waals surface area contributed by atoms with Crippen molar-refractivity contribution < 1.29 is 9.53 Å². The topological polar surface area (TPSA) is 124 Å². The SMILES string of the molecule is CC(C)O/C=C/[C@@H](C)[C@@]1(C#N)C(N)=C(C=O)[C@@H](C)C1(C#N)C#N. The summed E-state index contributed by atoms with van der Waals surface area (Å²) in [5.41, 5.74) is 2.87.